The van der Waals surface area contributed by atoms with E-state index in [-0.39, 0.29) is 0 Å². The zero-order valence-electron chi connectivity index (χ0n) is 6.26. The molecular weight excluding hydrogens is 124 g/mol. The number of hydrogen-bond donors (Lipinski definition) is 0. The van der Waals surface area contributed by atoms with E-state index >= 15 is 0 Å². The van der Waals surface area contributed by atoms with Crippen LogP contribution in [0, 0.1) is 11.8 Å². The van der Waals surface area contributed by atoms with E-state index in [4.69, 9.17) is 0 Å². The van der Waals surface area contributed by atoms with Crippen LogP contribution in [0.4, 0.5) is 0 Å². The Morgan fingerprint density at radius 2 is 2.40 bits per heavy atom. The van der Waals surface area contributed by atoms with Crippen molar-refractivity contribution < 1.29 is 4.79 Å². The van der Waals surface area contributed by atoms with Gasteiger partial charge >= 0.3 is 0 Å². The first-order valence-electron chi connectivity index (χ1n) is 3.98. The summed E-state index contributed by atoms with van der Waals surface area (Å²) < 4.78 is 0. The van der Waals surface area contributed by atoms with Gasteiger partial charge in [0.1, 0.15) is 5.78 Å². The van der Waals surface area contributed by atoms with E-state index in [1.54, 1.807) is 0 Å². The Balaban J connectivity index is 2.27. The molecule has 1 heteroatoms. The Morgan fingerprint density at radius 1 is 1.60 bits per heavy atom. The number of fused-ring (bicyclic) bond motifs is 1. The van der Waals surface area contributed by atoms with Gasteiger partial charge in [0, 0.05) is 12.3 Å². The molecule has 0 saturated heterocycles. The normalized spacial score (nSPS) is 38.1. The molecule has 1 saturated carbocycles. The zero-order valence-corrected chi connectivity index (χ0v) is 6.26. The maximum absolute atomic E-state index is 11.2. The van der Waals surface area contributed by atoms with Crippen LogP contribution in [0.3, 0.4) is 0 Å². The highest BCUT2D eigenvalue weighted by Crippen LogP contribution is 2.41. The number of carbonyl (C=O) groups is 1. The van der Waals surface area contributed by atoms with E-state index in [2.05, 4.69) is 13.0 Å². The summed E-state index contributed by atoms with van der Waals surface area (Å²) in [6.45, 7) is 2.09. The minimum atomic E-state index is 0.333. The van der Waals surface area contributed by atoms with Crippen molar-refractivity contribution in [1.82, 2.24) is 0 Å². The van der Waals surface area contributed by atoms with Gasteiger partial charge in [-0.25, -0.2) is 0 Å². The van der Waals surface area contributed by atoms with Crippen molar-refractivity contribution in [2.75, 3.05) is 0 Å². The van der Waals surface area contributed by atoms with Gasteiger partial charge in [-0.3, -0.25) is 4.79 Å². The van der Waals surface area contributed by atoms with Crippen LogP contribution in [0.2, 0.25) is 0 Å². The Hall–Kier alpha value is -0.590. The summed E-state index contributed by atoms with van der Waals surface area (Å²) in [5, 5.41) is 0. The monoisotopic (exact) mass is 136 g/mol. The van der Waals surface area contributed by atoms with Crippen molar-refractivity contribution in [1.29, 1.82) is 0 Å². The summed E-state index contributed by atoms with van der Waals surface area (Å²) in [5.41, 5.74) is 1.33. The number of rotatable bonds is 0. The van der Waals surface area contributed by atoms with Crippen LogP contribution < -0.4 is 0 Å². The van der Waals surface area contributed by atoms with Crippen LogP contribution in [-0.4, -0.2) is 5.78 Å². The summed E-state index contributed by atoms with van der Waals surface area (Å²) in [5.74, 6) is 1.50. The number of hydrogen-bond acceptors (Lipinski definition) is 1. The average molecular weight is 136 g/mol. The average Bonchev–Trinajstić information content (AvgIpc) is 2.40. The lowest BCUT2D eigenvalue weighted by Gasteiger charge is -2.07. The third-order valence-electron chi connectivity index (χ3n) is 2.81. The van der Waals surface area contributed by atoms with Crippen molar-refractivity contribution in [3.05, 3.63) is 11.6 Å². The van der Waals surface area contributed by atoms with Crippen molar-refractivity contribution in [3.8, 4) is 0 Å². The molecule has 1 nitrogen and oxygen atoms in total. The molecule has 0 aromatic rings. The molecule has 0 spiro atoms. The van der Waals surface area contributed by atoms with Crippen molar-refractivity contribution in [2.24, 2.45) is 11.8 Å². The Labute approximate surface area is 61.1 Å². The molecule has 10 heavy (non-hydrogen) atoms. The number of carbonyl (C=O) groups excluding carboxylic acids is 1. The quantitative estimate of drug-likeness (QED) is 0.465. The van der Waals surface area contributed by atoms with Crippen LogP contribution in [0.15, 0.2) is 11.6 Å². The van der Waals surface area contributed by atoms with Gasteiger partial charge < -0.3 is 0 Å². The van der Waals surface area contributed by atoms with E-state index in [9.17, 15) is 4.79 Å². The van der Waals surface area contributed by atoms with E-state index in [0.29, 0.717) is 17.6 Å². The summed E-state index contributed by atoms with van der Waals surface area (Å²) in [7, 11) is 0. The molecule has 2 aliphatic rings. The second kappa shape index (κ2) is 1.94. The standard InChI is InChI=1S/C9H12O/c1-6-2-3-7-4-5-8(10)9(6)7/h2,7,9H,3-5H2,1H3/t7-,9-/m1/s1. The first kappa shape index (κ1) is 6.14. The highest BCUT2D eigenvalue weighted by molar-refractivity contribution is 5.86. The molecule has 0 unspecified atom stereocenters. The Morgan fingerprint density at radius 3 is 3.10 bits per heavy atom. The molecule has 0 aromatic carbocycles. The summed E-state index contributed by atoms with van der Waals surface area (Å²) in [6.07, 6.45) is 5.35. The first-order chi connectivity index (χ1) is 4.79. The molecule has 0 heterocycles. The van der Waals surface area contributed by atoms with E-state index < -0.39 is 0 Å². The van der Waals surface area contributed by atoms with Gasteiger partial charge in [0.2, 0.25) is 0 Å². The van der Waals surface area contributed by atoms with Gasteiger partial charge in [-0.05, 0) is 25.7 Å². The van der Waals surface area contributed by atoms with E-state index in [0.717, 1.165) is 19.3 Å². The third-order valence-corrected chi connectivity index (χ3v) is 2.81. The molecule has 0 aliphatic heterocycles. The first-order valence-corrected chi connectivity index (χ1v) is 3.98. The van der Waals surface area contributed by atoms with Crippen LogP contribution in [0.5, 0.6) is 0 Å². The van der Waals surface area contributed by atoms with Crippen molar-refractivity contribution in [2.45, 2.75) is 26.2 Å². The van der Waals surface area contributed by atoms with Crippen LogP contribution in [-0.2, 0) is 4.79 Å². The largest absolute Gasteiger partial charge is 0.299 e. The zero-order chi connectivity index (χ0) is 7.14. The second-order valence-corrected chi connectivity index (χ2v) is 3.43. The lowest BCUT2D eigenvalue weighted by molar-refractivity contribution is -0.120. The Kier molecular flexibility index (Phi) is 1.19. The van der Waals surface area contributed by atoms with Gasteiger partial charge in [-0.2, -0.15) is 0 Å². The fraction of sp³-hybridized carbons (Fsp3) is 0.667. The summed E-state index contributed by atoms with van der Waals surface area (Å²) >= 11 is 0. The fourth-order valence-electron chi connectivity index (χ4n) is 2.26. The molecule has 54 valence electrons. The summed E-state index contributed by atoms with van der Waals surface area (Å²) in [6, 6.07) is 0. The minimum Gasteiger partial charge on any atom is -0.299 e. The van der Waals surface area contributed by atoms with Crippen LogP contribution in [0.1, 0.15) is 26.2 Å². The van der Waals surface area contributed by atoms with Crippen molar-refractivity contribution >= 4 is 5.78 Å². The molecule has 2 atom stereocenters. The molecule has 2 aliphatic carbocycles. The highest BCUT2D eigenvalue weighted by atomic mass is 16.1. The van der Waals surface area contributed by atoms with E-state index in [1.807, 2.05) is 0 Å². The molecule has 1 fully saturated rings. The van der Waals surface area contributed by atoms with Gasteiger partial charge in [0.25, 0.3) is 0 Å². The number of Topliss-reactive ketones (excluding diaryl/α,β-unsaturated/α-hetero) is 1. The third kappa shape index (κ3) is 0.664. The van der Waals surface area contributed by atoms with Gasteiger partial charge in [0.15, 0.2) is 0 Å². The maximum Gasteiger partial charge on any atom is 0.140 e. The number of allylic oxidation sites excluding steroid dienone is 2. The molecular formula is C9H12O. The lowest BCUT2D eigenvalue weighted by atomic mass is 9.95. The minimum absolute atomic E-state index is 0.333. The van der Waals surface area contributed by atoms with Crippen molar-refractivity contribution in [3.63, 3.8) is 0 Å². The van der Waals surface area contributed by atoms with E-state index in [1.165, 1.54) is 5.57 Å². The van der Waals surface area contributed by atoms with Crippen LogP contribution in [0.25, 0.3) is 0 Å². The van der Waals surface area contributed by atoms with Crippen LogP contribution >= 0.6 is 0 Å². The lowest BCUT2D eigenvalue weighted by Crippen LogP contribution is -2.10. The molecule has 0 N–H and O–H groups in total. The smallest absolute Gasteiger partial charge is 0.140 e. The molecule has 2 rings (SSSR count). The second-order valence-electron chi connectivity index (χ2n) is 3.43. The van der Waals surface area contributed by atoms with Gasteiger partial charge in [-0.1, -0.05) is 11.6 Å². The fourth-order valence-corrected chi connectivity index (χ4v) is 2.26. The summed E-state index contributed by atoms with van der Waals surface area (Å²) in [4.78, 5) is 11.2. The maximum atomic E-state index is 11.2. The molecule has 0 radical (unpaired) electrons. The molecule has 0 aromatic heterocycles. The SMILES string of the molecule is CC1=CC[C@@H]2CCC(=O)[C@H]12. The molecule has 0 bridgehead atoms. The Bertz CT molecular complexity index is 203. The topological polar surface area (TPSA) is 17.1 Å². The number of ketones is 1. The molecule has 0 amide bonds. The van der Waals surface area contributed by atoms with Gasteiger partial charge in [-0.15, -0.1) is 0 Å². The van der Waals surface area contributed by atoms with Gasteiger partial charge in [0.05, 0.1) is 0 Å². The predicted octanol–water partition coefficient (Wildman–Crippen LogP) is 1.93. The predicted molar refractivity (Wildman–Crippen MR) is 39.6 cm³/mol. The highest BCUT2D eigenvalue weighted by Gasteiger charge is 2.37.